The van der Waals surface area contributed by atoms with Crippen LogP contribution in [-0.4, -0.2) is 22.8 Å². The van der Waals surface area contributed by atoms with Gasteiger partial charge in [0.05, 0.1) is 4.92 Å². The van der Waals surface area contributed by atoms with Crippen LogP contribution in [0.2, 0.25) is 0 Å². The summed E-state index contributed by atoms with van der Waals surface area (Å²) in [5.41, 5.74) is 0.750. The van der Waals surface area contributed by atoms with Crippen LogP contribution >= 0.6 is 0 Å². The van der Waals surface area contributed by atoms with Crippen molar-refractivity contribution < 1.29 is 18.9 Å². The molecule has 2 aromatic carbocycles. The largest absolute Gasteiger partial charge is 0.340 e. The van der Waals surface area contributed by atoms with Crippen molar-refractivity contribution >= 4 is 23.2 Å². The molecule has 0 heterocycles. The monoisotopic (exact) mass is 373 g/mol. The molecule has 2 rings (SSSR count). The van der Waals surface area contributed by atoms with Gasteiger partial charge in [-0.15, -0.1) is 0 Å². The number of nitro benzene ring substituents is 1. The third kappa shape index (κ3) is 5.10. The number of hydrogen-bond acceptors (Lipinski definition) is 4. The maximum absolute atomic E-state index is 13.4. The number of benzene rings is 2. The van der Waals surface area contributed by atoms with Gasteiger partial charge in [-0.3, -0.25) is 19.7 Å². The molecule has 0 bridgehead atoms. The Kier molecular flexibility index (Phi) is 6.23. The zero-order valence-electron chi connectivity index (χ0n) is 15.2. The fraction of sp³-hybridized carbons (Fsp3) is 0.263. The summed E-state index contributed by atoms with van der Waals surface area (Å²) in [6, 6.07) is 9.08. The molecule has 0 saturated carbocycles. The molecule has 8 heteroatoms. The van der Waals surface area contributed by atoms with Crippen LogP contribution in [0, 0.1) is 28.8 Å². The minimum Gasteiger partial charge on any atom is -0.340 e. The second-order valence-corrected chi connectivity index (χ2v) is 6.47. The van der Waals surface area contributed by atoms with Gasteiger partial charge < -0.3 is 10.6 Å². The van der Waals surface area contributed by atoms with Crippen molar-refractivity contribution in [1.29, 1.82) is 0 Å². The van der Waals surface area contributed by atoms with Crippen molar-refractivity contribution in [2.75, 3.05) is 5.32 Å². The van der Waals surface area contributed by atoms with Gasteiger partial charge in [0.25, 0.3) is 5.91 Å². The van der Waals surface area contributed by atoms with E-state index in [1.807, 2.05) is 6.92 Å². The molecule has 0 spiro atoms. The SMILES string of the molecule is Cc1ccc(C(=O)NC(C(=O)Nc2ccc(F)c([N+](=O)[O-])c2)C(C)C)cc1. The number of rotatable bonds is 6. The Morgan fingerprint density at radius 2 is 1.74 bits per heavy atom. The number of anilines is 1. The Bertz CT molecular complexity index is 866. The summed E-state index contributed by atoms with van der Waals surface area (Å²) >= 11 is 0. The van der Waals surface area contributed by atoms with E-state index in [1.54, 1.807) is 38.1 Å². The topological polar surface area (TPSA) is 101 Å². The normalized spacial score (nSPS) is 11.7. The second-order valence-electron chi connectivity index (χ2n) is 6.47. The number of halogens is 1. The van der Waals surface area contributed by atoms with Crippen LogP contribution in [0.15, 0.2) is 42.5 Å². The molecule has 0 aliphatic carbocycles. The molecule has 142 valence electrons. The van der Waals surface area contributed by atoms with E-state index in [1.165, 1.54) is 6.07 Å². The lowest BCUT2D eigenvalue weighted by Crippen LogP contribution is -2.47. The molecule has 0 fully saturated rings. The van der Waals surface area contributed by atoms with Crippen LogP contribution in [0.1, 0.15) is 29.8 Å². The number of amides is 2. The maximum atomic E-state index is 13.4. The Morgan fingerprint density at radius 3 is 2.30 bits per heavy atom. The molecular formula is C19H20FN3O4. The van der Waals surface area contributed by atoms with Gasteiger partial charge in [0.2, 0.25) is 11.7 Å². The summed E-state index contributed by atoms with van der Waals surface area (Å²) in [6.45, 7) is 5.41. The Labute approximate surface area is 155 Å². The van der Waals surface area contributed by atoms with Gasteiger partial charge in [-0.05, 0) is 37.1 Å². The average molecular weight is 373 g/mol. The lowest BCUT2D eigenvalue weighted by Gasteiger charge is -2.21. The number of aryl methyl sites for hydroxylation is 1. The number of nitrogens with zero attached hydrogens (tertiary/aromatic N) is 1. The van der Waals surface area contributed by atoms with Crippen molar-refractivity contribution in [2.45, 2.75) is 26.8 Å². The molecule has 2 amide bonds. The summed E-state index contributed by atoms with van der Waals surface area (Å²) in [5.74, 6) is -2.19. The predicted octanol–water partition coefficient (Wildman–Crippen LogP) is 3.44. The van der Waals surface area contributed by atoms with Crippen molar-refractivity contribution in [1.82, 2.24) is 5.32 Å². The number of nitro groups is 1. The van der Waals surface area contributed by atoms with E-state index in [4.69, 9.17) is 0 Å². The molecule has 2 N–H and O–H groups in total. The van der Waals surface area contributed by atoms with Crippen LogP contribution in [0.4, 0.5) is 15.8 Å². The van der Waals surface area contributed by atoms with Gasteiger partial charge in [-0.1, -0.05) is 31.5 Å². The van der Waals surface area contributed by atoms with E-state index in [2.05, 4.69) is 10.6 Å². The zero-order chi connectivity index (χ0) is 20.1. The van der Waals surface area contributed by atoms with Gasteiger partial charge in [0.15, 0.2) is 0 Å². The highest BCUT2D eigenvalue weighted by molar-refractivity contribution is 6.01. The van der Waals surface area contributed by atoms with Gasteiger partial charge in [-0.25, -0.2) is 0 Å². The van der Waals surface area contributed by atoms with E-state index < -0.39 is 34.3 Å². The van der Waals surface area contributed by atoms with Crippen LogP contribution in [0.25, 0.3) is 0 Å². The van der Waals surface area contributed by atoms with Gasteiger partial charge in [0.1, 0.15) is 6.04 Å². The minimum atomic E-state index is -0.994. The first-order chi connectivity index (χ1) is 12.7. The average Bonchev–Trinajstić information content (AvgIpc) is 2.61. The highest BCUT2D eigenvalue weighted by atomic mass is 19.1. The summed E-state index contributed by atoms with van der Waals surface area (Å²) in [5, 5.41) is 16.0. The van der Waals surface area contributed by atoms with E-state index in [-0.39, 0.29) is 11.6 Å². The summed E-state index contributed by atoms with van der Waals surface area (Å²) in [6.07, 6.45) is 0. The highest BCUT2D eigenvalue weighted by Gasteiger charge is 2.25. The maximum Gasteiger partial charge on any atom is 0.306 e. The zero-order valence-corrected chi connectivity index (χ0v) is 15.2. The van der Waals surface area contributed by atoms with Crippen LogP contribution < -0.4 is 10.6 Å². The van der Waals surface area contributed by atoms with Gasteiger partial charge in [-0.2, -0.15) is 4.39 Å². The number of hydrogen-bond donors (Lipinski definition) is 2. The Balaban J connectivity index is 2.15. The molecular weight excluding hydrogens is 353 g/mol. The summed E-state index contributed by atoms with van der Waals surface area (Å²) in [7, 11) is 0. The number of nitrogens with one attached hydrogen (secondary N) is 2. The molecule has 0 saturated heterocycles. The number of carbonyl (C=O) groups excluding carboxylic acids is 2. The molecule has 2 aromatic rings. The Hall–Kier alpha value is -3.29. The molecule has 0 aliphatic rings. The van der Waals surface area contributed by atoms with Gasteiger partial charge in [0, 0.05) is 17.3 Å². The standard InChI is InChI=1S/C19H20FN3O4/c1-11(2)17(22-18(24)13-6-4-12(3)5-7-13)19(25)21-14-8-9-15(20)16(10-14)23(26)27/h4-11,17H,1-3H3,(H,21,25)(H,22,24). The molecule has 1 atom stereocenters. The highest BCUT2D eigenvalue weighted by Crippen LogP contribution is 2.22. The second kappa shape index (κ2) is 8.39. The lowest BCUT2D eigenvalue weighted by molar-refractivity contribution is -0.387. The van der Waals surface area contributed by atoms with E-state index in [9.17, 15) is 24.1 Å². The third-order valence-electron chi connectivity index (χ3n) is 3.96. The van der Waals surface area contributed by atoms with Crippen LogP contribution in [0.5, 0.6) is 0 Å². The van der Waals surface area contributed by atoms with Crippen molar-refractivity contribution in [2.24, 2.45) is 5.92 Å². The third-order valence-corrected chi connectivity index (χ3v) is 3.96. The predicted molar refractivity (Wildman–Crippen MR) is 99.0 cm³/mol. The minimum absolute atomic E-state index is 0.0725. The van der Waals surface area contributed by atoms with Crippen molar-refractivity contribution in [3.8, 4) is 0 Å². The lowest BCUT2D eigenvalue weighted by atomic mass is 10.0. The van der Waals surface area contributed by atoms with Crippen molar-refractivity contribution in [3.05, 3.63) is 69.5 Å². The van der Waals surface area contributed by atoms with Gasteiger partial charge >= 0.3 is 5.69 Å². The van der Waals surface area contributed by atoms with Crippen LogP contribution in [-0.2, 0) is 4.79 Å². The molecule has 7 nitrogen and oxygen atoms in total. The molecule has 0 aromatic heterocycles. The molecule has 1 unspecified atom stereocenters. The molecule has 0 aliphatic heterocycles. The number of carbonyl (C=O) groups is 2. The molecule has 0 radical (unpaired) electrons. The van der Waals surface area contributed by atoms with Crippen LogP contribution in [0.3, 0.4) is 0 Å². The summed E-state index contributed by atoms with van der Waals surface area (Å²) < 4.78 is 13.4. The van der Waals surface area contributed by atoms with E-state index >= 15 is 0 Å². The first kappa shape index (κ1) is 20.0. The quantitative estimate of drug-likeness (QED) is 0.598. The first-order valence-corrected chi connectivity index (χ1v) is 8.31. The van der Waals surface area contributed by atoms with E-state index in [0.29, 0.717) is 5.56 Å². The summed E-state index contributed by atoms with van der Waals surface area (Å²) in [4.78, 5) is 34.9. The first-order valence-electron chi connectivity index (χ1n) is 8.31. The fourth-order valence-electron chi connectivity index (χ4n) is 2.41. The molecule has 27 heavy (non-hydrogen) atoms. The smallest absolute Gasteiger partial charge is 0.306 e. The van der Waals surface area contributed by atoms with E-state index in [0.717, 1.165) is 17.7 Å². The fourth-order valence-corrected chi connectivity index (χ4v) is 2.41. The van der Waals surface area contributed by atoms with Crippen molar-refractivity contribution in [3.63, 3.8) is 0 Å². The Morgan fingerprint density at radius 1 is 1.11 bits per heavy atom.